The normalized spacial score (nSPS) is 18.6. The van der Waals surface area contributed by atoms with Gasteiger partial charge in [0.15, 0.2) is 0 Å². The summed E-state index contributed by atoms with van der Waals surface area (Å²) in [6, 6.07) is 2.78. The molecule has 3 aromatic rings. The van der Waals surface area contributed by atoms with Crippen LogP contribution >= 0.6 is 11.3 Å². The topological polar surface area (TPSA) is 126 Å². The molecule has 5 rings (SSSR count). The SMILES string of the molecule is C=CC(=O)N[C@H]1CCC[C@H]1NC(=O)c1sc2nccc3c2c1NC(=O)N3c1cnc(OC(C)C)cc1C. The van der Waals surface area contributed by atoms with E-state index in [9.17, 15) is 14.4 Å². The van der Waals surface area contributed by atoms with Crippen molar-refractivity contribution < 1.29 is 19.1 Å². The number of aryl methyl sites for hydroxylation is 1. The van der Waals surface area contributed by atoms with Crippen LogP contribution in [0.3, 0.4) is 0 Å². The third kappa shape index (κ3) is 4.62. The number of urea groups is 1. The van der Waals surface area contributed by atoms with E-state index < -0.39 is 6.03 Å². The lowest BCUT2D eigenvalue weighted by Crippen LogP contribution is -2.48. The number of nitrogens with one attached hydrogen (secondary N) is 3. The highest BCUT2D eigenvalue weighted by Gasteiger charge is 2.35. The maximum absolute atomic E-state index is 13.4. The van der Waals surface area contributed by atoms with Crippen LogP contribution in [0.4, 0.5) is 21.9 Å². The summed E-state index contributed by atoms with van der Waals surface area (Å²) in [7, 11) is 0. The molecule has 3 aromatic heterocycles. The Kier molecular flexibility index (Phi) is 6.55. The minimum absolute atomic E-state index is 0.0217. The molecule has 192 valence electrons. The number of carbonyl (C=O) groups excluding carboxylic acids is 3. The highest BCUT2D eigenvalue weighted by molar-refractivity contribution is 7.21. The van der Waals surface area contributed by atoms with Gasteiger partial charge in [-0.25, -0.2) is 14.8 Å². The van der Waals surface area contributed by atoms with E-state index in [-0.39, 0.29) is 30.0 Å². The maximum atomic E-state index is 13.4. The van der Waals surface area contributed by atoms with Crippen LogP contribution in [0.1, 0.15) is 48.3 Å². The molecule has 1 fully saturated rings. The molecule has 10 nitrogen and oxygen atoms in total. The van der Waals surface area contributed by atoms with Crippen LogP contribution in [0.2, 0.25) is 0 Å². The minimum atomic E-state index is -0.396. The number of amides is 4. The molecule has 37 heavy (non-hydrogen) atoms. The average Bonchev–Trinajstić information content (AvgIpc) is 3.44. The first kappa shape index (κ1) is 24.7. The second kappa shape index (κ2) is 9.81. The van der Waals surface area contributed by atoms with Gasteiger partial charge in [0.25, 0.3) is 5.91 Å². The maximum Gasteiger partial charge on any atom is 0.331 e. The lowest BCUT2D eigenvalue weighted by molar-refractivity contribution is -0.117. The molecule has 3 N–H and O–H groups in total. The Morgan fingerprint density at radius 2 is 2.00 bits per heavy atom. The summed E-state index contributed by atoms with van der Waals surface area (Å²) >= 11 is 1.22. The summed E-state index contributed by atoms with van der Waals surface area (Å²) in [6.45, 7) is 9.23. The molecule has 0 spiro atoms. The molecule has 2 aliphatic rings. The highest BCUT2D eigenvalue weighted by Crippen LogP contribution is 2.46. The van der Waals surface area contributed by atoms with Gasteiger partial charge in [-0.2, -0.15) is 0 Å². The summed E-state index contributed by atoms with van der Waals surface area (Å²) in [6.07, 6.45) is 6.86. The fourth-order valence-electron chi connectivity index (χ4n) is 4.83. The lowest BCUT2D eigenvalue weighted by Gasteiger charge is -2.29. The van der Waals surface area contributed by atoms with Gasteiger partial charge < -0.3 is 20.7 Å². The van der Waals surface area contributed by atoms with E-state index in [0.29, 0.717) is 38.0 Å². The Labute approximate surface area is 218 Å². The van der Waals surface area contributed by atoms with Gasteiger partial charge in [0.2, 0.25) is 11.8 Å². The molecule has 4 amide bonds. The minimum Gasteiger partial charge on any atom is -0.475 e. The van der Waals surface area contributed by atoms with E-state index in [4.69, 9.17) is 4.74 Å². The summed E-state index contributed by atoms with van der Waals surface area (Å²) in [4.78, 5) is 50.0. The van der Waals surface area contributed by atoms with Gasteiger partial charge in [-0.15, -0.1) is 11.3 Å². The molecule has 0 aromatic carbocycles. The quantitative estimate of drug-likeness (QED) is 0.396. The van der Waals surface area contributed by atoms with Crippen molar-refractivity contribution in [1.29, 1.82) is 0 Å². The Hall–Kier alpha value is -3.99. The number of carbonyl (C=O) groups is 3. The van der Waals surface area contributed by atoms with E-state index in [1.165, 1.54) is 17.4 Å². The second-order valence-corrected chi connectivity index (χ2v) is 10.4. The lowest BCUT2D eigenvalue weighted by atomic mass is 10.1. The van der Waals surface area contributed by atoms with Gasteiger partial charge in [-0.05, 0) is 57.7 Å². The summed E-state index contributed by atoms with van der Waals surface area (Å²) in [5.41, 5.74) is 2.49. The molecule has 11 heteroatoms. The van der Waals surface area contributed by atoms with Crippen molar-refractivity contribution in [3.05, 3.63) is 47.6 Å². The number of anilines is 3. The summed E-state index contributed by atoms with van der Waals surface area (Å²) in [5, 5.41) is 9.54. The zero-order chi connectivity index (χ0) is 26.3. The van der Waals surface area contributed by atoms with Crippen molar-refractivity contribution in [2.24, 2.45) is 0 Å². The van der Waals surface area contributed by atoms with E-state index in [0.717, 1.165) is 24.8 Å². The first-order chi connectivity index (χ1) is 17.8. The molecule has 4 heterocycles. The second-order valence-electron chi connectivity index (χ2n) is 9.39. The van der Waals surface area contributed by atoms with E-state index >= 15 is 0 Å². The van der Waals surface area contributed by atoms with Crippen LogP contribution in [0, 0.1) is 6.92 Å². The zero-order valence-electron chi connectivity index (χ0n) is 20.8. The third-order valence-corrected chi connectivity index (χ3v) is 7.55. The van der Waals surface area contributed by atoms with Crippen molar-refractivity contribution in [3.63, 3.8) is 0 Å². The number of hydrogen-bond acceptors (Lipinski definition) is 7. The standard InChI is InChI=1S/C26H28N6O4S/c1-5-19(33)29-15-7-6-8-16(15)30-24(34)23-22-21-17(9-10-27-25(21)37-23)32(26(35)31-22)18-12-28-20(11-14(18)4)36-13(2)3/h5,9-13,15-16H,1,6-8H2,2-4H3,(H,29,33)(H,30,34)(H,31,35)/t15-,16+/m0/s1. The number of aromatic nitrogens is 2. The molecular weight excluding hydrogens is 492 g/mol. The molecule has 1 saturated carbocycles. The predicted molar refractivity (Wildman–Crippen MR) is 143 cm³/mol. The third-order valence-electron chi connectivity index (χ3n) is 6.45. The first-order valence-electron chi connectivity index (χ1n) is 12.2. The smallest absolute Gasteiger partial charge is 0.331 e. The number of rotatable bonds is 7. The van der Waals surface area contributed by atoms with Crippen LogP contribution in [0.25, 0.3) is 10.2 Å². The number of nitrogens with zero attached hydrogens (tertiary/aromatic N) is 3. The van der Waals surface area contributed by atoms with Crippen LogP contribution in [0.15, 0.2) is 37.2 Å². The van der Waals surface area contributed by atoms with Crippen LogP contribution in [-0.2, 0) is 4.79 Å². The van der Waals surface area contributed by atoms with Crippen LogP contribution in [-0.4, -0.2) is 46.0 Å². The average molecular weight is 521 g/mol. The van der Waals surface area contributed by atoms with Gasteiger partial charge >= 0.3 is 6.03 Å². The monoisotopic (exact) mass is 520 g/mol. The Balaban J connectivity index is 1.47. The van der Waals surface area contributed by atoms with Gasteiger partial charge in [0.1, 0.15) is 9.71 Å². The van der Waals surface area contributed by atoms with E-state index in [1.54, 1.807) is 29.4 Å². The predicted octanol–water partition coefficient (Wildman–Crippen LogP) is 4.42. The van der Waals surface area contributed by atoms with Crippen molar-refractivity contribution in [1.82, 2.24) is 20.6 Å². The molecule has 1 aliphatic heterocycles. The number of ether oxygens (including phenoxy) is 1. The fourth-order valence-corrected chi connectivity index (χ4v) is 5.85. The molecule has 0 radical (unpaired) electrons. The molecule has 2 atom stereocenters. The van der Waals surface area contributed by atoms with Crippen molar-refractivity contribution in [3.8, 4) is 5.88 Å². The van der Waals surface area contributed by atoms with Crippen LogP contribution in [0.5, 0.6) is 5.88 Å². The number of thiophene rings is 1. The number of pyridine rings is 2. The molecule has 1 aliphatic carbocycles. The largest absolute Gasteiger partial charge is 0.475 e. The van der Waals surface area contributed by atoms with Crippen molar-refractivity contribution in [2.75, 3.05) is 10.2 Å². The van der Waals surface area contributed by atoms with Crippen LogP contribution < -0.4 is 25.6 Å². The van der Waals surface area contributed by atoms with Gasteiger partial charge in [0, 0.05) is 24.3 Å². The Bertz CT molecular complexity index is 1420. The number of hydrogen-bond donors (Lipinski definition) is 3. The van der Waals surface area contributed by atoms with Gasteiger partial charge in [0.05, 0.1) is 34.7 Å². The van der Waals surface area contributed by atoms with E-state index in [2.05, 4.69) is 32.5 Å². The van der Waals surface area contributed by atoms with Gasteiger partial charge in [-0.1, -0.05) is 6.58 Å². The van der Waals surface area contributed by atoms with Crippen molar-refractivity contribution >= 4 is 56.5 Å². The first-order valence-corrected chi connectivity index (χ1v) is 13.0. The Morgan fingerprint density at radius 3 is 2.70 bits per heavy atom. The summed E-state index contributed by atoms with van der Waals surface area (Å²) in [5.74, 6) is -0.0911. The van der Waals surface area contributed by atoms with Crippen molar-refractivity contribution in [2.45, 2.75) is 58.2 Å². The summed E-state index contributed by atoms with van der Waals surface area (Å²) < 4.78 is 5.69. The fraction of sp³-hybridized carbons (Fsp3) is 0.346. The molecule has 0 unspecified atom stereocenters. The molecule has 0 saturated heterocycles. The molecule has 0 bridgehead atoms. The zero-order valence-corrected chi connectivity index (χ0v) is 21.6. The van der Waals surface area contributed by atoms with Gasteiger partial charge in [-0.3, -0.25) is 14.5 Å². The molecular formula is C26H28N6O4S. The Morgan fingerprint density at radius 1 is 1.24 bits per heavy atom. The highest BCUT2D eigenvalue weighted by atomic mass is 32.1. The van der Waals surface area contributed by atoms with E-state index in [1.807, 2.05) is 20.8 Å².